The summed E-state index contributed by atoms with van der Waals surface area (Å²) in [5.74, 6) is -0.616. The molecule has 3 aromatic rings. The number of thioether (sulfide) groups is 1. The van der Waals surface area contributed by atoms with Crippen molar-refractivity contribution in [3.8, 4) is 5.75 Å². The van der Waals surface area contributed by atoms with Gasteiger partial charge in [-0.2, -0.15) is 0 Å². The van der Waals surface area contributed by atoms with Crippen LogP contribution >= 0.6 is 23.4 Å². The van der Waals surface area contributed by atoms with E-state index in [1.54, 1.807) is 12.1 Å². The van der Waals surface area contributed by atoms with Crippen molar-refractivity contribution < 1.29 is 19.4 Å². The number of carboxylic acid groups (broad SMARTS) is 1. The fourth-order valence-electron chi connectivity index (χ4n) is 3.05. The summed E-state index contributed by atoms with van der Waals surface area (Å²) in [7, 11) is 0. The molecule has 1 saturated heterocycles. The van der Waals surface area contributed by atoms with E-state index in [4.69, 9.17) is 16.3 Å². The second-order valence-electron chi connectivity index (χ2n) is 7.28. The summed E-state index contributed by atoms with van der Waals surface area (Å²) in [5.41, 5.74) is 3.26. The molecule has 2 N–H and O–H groups in total. The Hall–Kier alpha value is -3.55. The van der Waals surface area contributed by atoms with Gasteiger partial charge in [-0.3, -0.25) is 4.79 Å². The number of hydrogen-bond acceptors (Lipinski definition) is 5. The molecule has 0 bridgehead atoms. The van der Waals surface area contributed by atoms with Crippen molar-refractivity contribution in [3.05, 3.63) is 98.9 Å². The molecule has 1 aliphatic heterocycles. The second-order valence-corrected chi connectivity index (χ2v) is 8.74. The van der Waals surface area contributed by atoms with Gasteiger partial charge in [-0.05, 0) is 77.9 Å². The number of nitrogens with one attached hydrogen (secondary N) is 1. The van der Waals surface area contributed by atoms with Gasteiger partial charge in [0, 0.05) is 5.02 Å². The number of carbonyl (C=O) groups excluding carboxylic acids is 1. The number of aromatic carboxylic acids is 1. The molecule has 0 unspecified atom stereocenters. The Balaban J connectivity index is 1.48. The second kappa shape index (κ2) is 9.94. The van der Waals surface area contributed by atoms with Crippen LogP contribution in [-0.2, 0) is 11.4 Å². The summed E-state index contributed by atoms with van der Waals surface area (Å²) in [4.78, 5) is 28.6. The molecule has 166 valence electrons. The highest BCUT2D eigenvalue weighted by Crippen LogP contribution is 2.30. The van der Waals surface area contributed by atoms with Crippen LogP contribution in [0, 0.1) is 6.92 Å². The predicted molar refractivity (Wildman–Crippen MR) is 131 cm³/mol. The summed E-state index contributed by atoms with van der Waals surface area (Å²) >= 11 is 7.11. The SMILES string of the molecule is Cc1ccc(C(=O)O)cc1N=C1NC(=O)/C(=C/c2cccc(OCc3ccc(Cl)cc3)c2)S1. The van der Waals surface area contributed by atoms with Crippen molar-refractivity contribution in [2.24, 2.45) is 4.99 Å². The van der Waals surface area contributed by atoms with E-state index < -0.39 is 5.97 Å². The highest BCUT2D eigenvalue weighted by Gasteiger charge is 2.24. The summed E-state index contributed by atoms with van der Waals surface area (Å²) in [5, 5.41) is 13.0. The van der Waals surface area contributed by atoms with Crippen LogP contribution < -0.4 is 10.1 Å². The number of carboxylic acids is 1. The summed E-state index contributed by atoms with van der Waals surface area (Å²) < 4.78 is 5.86. The van der Waals surface area contributed by atoms with Crippen molar-refractivity contribution >= 4 is 52.2 Å². The normalized spacial score (nSPS) is 15.6. The minimum Gasteiger partial charge on any atom is -0.489 e. The molecule has 0 aliphatic carbocycles. The van der Waals surface area contributed by atoms with Crippen LogP contribution in [0.2, 0.25) is 5.02 Å². The van der Waals surface area contributed by atoms with Gasteiger partial charge in [0.2, 0.25) is 0 Å². The summed E-state index contributed by atoms with van der Waals surface area (Å²) in [6, 6.07) is 19.6. The van der Waals surface area contributed by atoms with Crippen molar-refractivity contribution in [3.63, 3.8) is 0 Å². The van der Waals surface area contributed by atoms with E-state index in [0.29, 0.717) is 33.1 Å². The number of nitrogens with zero attached hydrogens (tertiary/aromatic N) is 1. The van der Waals surface area contributed by atoms with Crippen LogP contribution in [0.3, 0.4) is 0 Å². The third-order valence-electron chi connectivity index (χ3n) is 4.80. The monoisotopic (exact) mass is 478 g/mol. The van der Waals surface area contributed by atoms with Gasteiger partial charge < -0.3 is 15.2 Å². The van der Waals surface area contributed by atoms with Crippen molar-refractivity contribution in [1.29, 1.82) is 0 Å². The quantitative estimate of drug-likeness (QED) is 0.436. The molecule has 0 spiro atoms. The number of amides is 1. The largest absolute Gasteiger partial charge is 0.489 e. The van der Waals surface area contributed by atoms with E-state index in [2.05, 4.69) is 10.3 Å². The molecule has 1 aliphatic rings. The zero-order valence-electron chi connectivity index (χ0n) is 17.5. The Morgan fingerprint density at radius 1 is 1.15 bits per heavy atom. The first kappa shape index (κ1) is 22.6. The van der Waals surface area contributed by atoms with Crippen molar-refractivity contribution in [2.75, 3.05) is 0 Å². The maximum atomic E-state index is 12.4. The Labute approximate surface area is 200 Å². The number of benzene rings is 3. The van der Waals surface area contributed by atoms with Gasteiger partial charge in [0.25, 0.3) is 5.91 Å². The van der Waals surface area contributed by atoms with Gasteiger partial charge in [0.05, 0.1) is 16.2 Å². The number of hydrogen-bond donors (Lipinski definition) is 2. The first-order chi connectivity index (χ1) is 15.9. The lowest BCUT2D eigenvalue weighted by Gasteiger charge is -2.07. The van der Waals surface area contributed by atoms with Gasteiger partial charge in [-0.15, -0.1) is 0 Å². The minimum absolute atomic E-state index is 0.139. The third kappa shape index (κ3) is 5.83. The molecule has 0 saturated carbocycles. The number of amidine groups is 1. The van der Waals surface area contributed by atoms with Crippen molar-refractivity contribution in [1.82, 2.24) is 5.32 Å². The first-order valence-corrected chi connectivity index (χ1v) is 11.2. The first-order valence-electron chi connectivity index (χ1n) is 9.98. The van der Waals surface area contributed by atoms with E-state index in [-0.39, 0.29) is 11.5 Å². The van der Waals surface area contributed by atoms with Gasteiger partial charge in [-0.1, -0.05) is 41.9 Å². The highest BCUT2D eigenvalue weighted by molar-refractivity contribution is 8.18. The van der Waals surface area contributed by atoms with E-state index in [1.807, 2.05) is 55.5 Å². The van der Waals surface area contributed by atoms with Gasteiger partial charge >= 0.3 is 5.97 Å². The smallest absolute Gasteiger partial charge is 0.335 e. The van der Waals surface area contributed by atoms with E-state index in [1.165, 1.54) is 23.9 Å². The molecule has 33 heavy (non-hydrogen) atoms. The van der Waals surface area contributed by atoms with Crippen LogP contribution in [0.15, 0.2) is 76.6 Å². The van der Waals surface area contributed by atoms with Crippen LogP contribution in [0.25, 0.3) is 6.08 Å². The maximum Gasteiger partial charge on any atom is 0.335 e. The highest BCUT2D eigenvalue weighted by atomic mass is 35.5. The van der Waals surface area contributed by atoms with Crippen LogP contribution in [0.4, 0.5) is 5.69 Å². The zero-order valence-corrected chi connectivity index (χ0v) is 19.1. The topological polar surface area (TPSA) is 88.0 Å². The van der Waals surface area contributed by atoms with Gasteiger partial charge in [0.1, 0.15) is 12.4 Å². The fourth-order valence-corrected chi connectivity index (χ4v) is 4.01. The Morgan fingerprint density at radius 2 is 1.94 bits per heavy atom. The molecule has 1 heterocycles. The van der Waals surface area contributed by atoms with E-state index in [0.717, 1.165) is 16.7 Å². The third-order valence-corrected chi connectivity index (χ3v) is 5.97. The molecular formula is C25H19ClN2O4S. The molecule has 1 fully saturated rings. The molecule has 6 nitrogen and oxygen atoms in total. The van der Waals surface area contributed by atoms with E-state index in [9.17, 15) is 14.7 Å². The lowest BCUT2D eigenvalue weighted by Crippen LogP contribution is -2.19. The molecular weight excluding hydrogens is 460 g/mol. The van der Waals surface area contributed by atoms with E-state index >= 15 is 0 Å². The molecule has 3 aromatic carbocycles. The average molecular weight is 479 g/mol. The maximum absolute atomic E-state index is 12.4. The molecule has 0 radical (unpaired) electrons. The van der Waals surface area contributed by atoms with Crippen LogP contribution in [-0.4, -0.2) is 22.2 Å². The Bertz CT molecular complexity index is 1290. The molecule has 0 aromatic heterocycles. The lowest BCUT2D eigenvalue weighted by atomic mass is 10.1. The lowest BCUT2D eigenvalue weighted by molar-refractivity contribution is -0.115. The Kier molecular flexibility index (Phi) is 6.82. The number of aryl methyl sites for hydroxylation is 1. The fraction of sp³-hybridized carbons (Fsp3) is 0.0800. The van der Waals surface area contributed by atoms with Gasteiger partial charge in [0.15, 0.2) is 5.17 Å². The Morgan fingerprint density at radius 3 is 2.70 bits per heavy atom. The number of halogens is 1. The molecule has 8 heteroatoms. The number of ether oxygens (including phenoxy) is 1. The van der Waals surface area contributed by atoms with Crippen LogP contribution in [0.1, 0.15) is 27.0 Å². The number of aliphatic imine (C=N–C) groups is 1. The van der Waals surface area contributed by atoms with Crippen molar-refractivity contribution in [2.45, 2.75) is 13.5 Å². The molecule has 0 atom stereocenters. The molecule has 1 amide bonds. The standard InChI is InChI=1S/C25H19ClN2O4S/c1-15-5-8-18(24(30)31)13-21(15)27-25-28-23(29)22(33-25)12-17-3-2-4-20(11-17)32-14-16-6-9-19(26)10-7-16/h2-13H,14H2,1H3,(H,30,31)(H,27,28,29)/b22-12-. The number of rotatable bonds is 6. The summed E-state index contributed by atoms with van der Waals surface area (Å²) in [6.45, 7) is 2.23. The van der Waals surface area contributed by atoms with Gasteiger partial charge in [-0.25, -0.2) is 9.79 Å². The summed E-state index contributed by atoms with van der Waals surface area (Å²) in [6.07, 6.45) is 1.76. The zero-order chi connectivity index (χ0) is 23.4. The van der Waals surface area contributed by atoms with Crippen LogP contribution in [0.5, 0.6) is 5.75 Å². The minimum atomic E-state index is -1.03. The predicted octanol–water partition coefficient (Wildman–Crippen LogP) is 5.82. The molecule has 4 rings (SSSR count). The number of carbonyl (C=O) groups is 2. The average Bonchev–Trinajstić information content (AvgIpc) is 3.13.